The predicted molar refractivity (Wildman–Crippen MR) is 194 cm³/mol. The lowest BCUT2D eigenvalue weighted by Gasteiger charge is -2.51. The number of thiazole rings is 1. The third-order valence-electron chi connectivity index (χ3n) is 9.97. The summed E-state index contributed by atoms with van der Waals surface area (Å²) >= 11 is 2.24. The topological polar surface area (TPSA) is 305 Å². The van der Waals surface area contributed by atoms with Crippen molar-refractivity contribution in [3.63, 3.8) is 0 Å². The van der Waals surface area contributed by atoms with Crippen LogP contribution >= 0.6 is 23.1 Å². The number of nitrogens with zero attached hydrogens (tertiary/aromatic N) is 5. The first kappa shape index (κ1) is 39.0. The smallest absolute Gasteiger partial charge is 0.352 e. The maximum atomic E-state index is 13.7. The first-order chi connectivity index (χ1) is 26.0. The molecule has 3 aromatic rings. The number of Topliss-reactive ketones (excluding diaryl/α,β-unsaturated/α-hetero) is 1. The molecule has 0 spiro atoms. The lowest BCUT2D eigenvalue weighted by atomic mass is 9.88. The monoisotopic (exact) mass is 802 g/mol. The summed E-state index contributed by atoms with van der Waals surface area (Å²) in [5.74, 6) is -8.00. The van der Waals surface area contributed by atoms with Gasteiger partial charge in [0, 0.05) is 35.5 Å². The molecular weight excluding hydrogens is 767 g/mol. The second kappa shape index (κ2) is 15.2. The van der Waals surface area contributed by atoms with Gasteiger partial charge in [0.25, 0.3) is 11.1 Å². The van der Waals surface area contributed by atoms with E-state index in [1.807, 2.05) is 0 Å². The minimum absolute atomic E-state index is 0.0413. The molecule has 22 heteroatoms. The highest BCUT2D eigenvalue weighted by Crippen LogP contribution is 2.49. The number of carboxylic acids is 3. The third kappa shape index (κ3) is 7.64. The number of phenolic OH excluding ortho intramolecular Hbond substituents is 2. The van der Waals surface area contributed by atoms with Gasteiger partial charge in [-0.3, -0.25) is 34.0 Å². The highest BCUT2D eigenvalue weighted by atomic mass is 32.2. The van der Waals surface area contributed by atoms with Crippen LogP contribution in [0.25, 0.3) is 10.8 Å². The van der Waals surface area contributed by atoms with Crippen molar-refractivity contribution in [1.29, 1.82) is 0 Å². The number of phenols is 2. The highest BCUT2D eigenvalue weighted by molar-refractivity contribution is 8.00. The van der Waals surface area contributed by atoms with E-state index in [4.69, 9.17) is 15.7 Å². The molecule has 292 valence electrons. The molecule has 2 saturated heterocycles. The van der Waals surface area contributed by atoms with Crippen LogP contribution in [-0.2, 0) is 35.4 Å². The van der Waals surface area contributed by atoms with Crippen LogP contribution in [0.3, 0.4) is 0 Å². The molecular formula is C33H36N7O13S2+. The van der Waals surface area contributed by atoms with E-state index in [0.29, 0.717) is 29.7 Å². The molecule has 0 bridgehead atoms. The Morgan fingerprint density at radius 3 is 2.36 bits per heavy atom. The fourth-order valence-electron chi connectivity index (χ4n) is 7.18. The summed E-state index contributed by atoms with van der Waals surface area (Å²) < 4.78 is 1.48. The van der Waals surface area contributed by atoms with Crippen molar-refractivity contribution in [1.82, 2.24) is 19.7 Å². The van der Waals surface area contributed by atoms with Gasteiger partial charge in [-0.25, -0.2) is 19.3 Å². The predicted octanol–water partition coefficient (Wildman–Crippen LogP) is 0.317. The molecule has 3 aliphatic heterocycles. The van der Waals surface area contributed by atoms with Gasteiger partial charge in [-0.15, -0.1) is 23.1 Å². The van der Waals surface area contributed by atoms with Gasteiger partial charge in [-0.2, -0.15) is 0 Å². The van der Waals surface area contributed by atoms with Crippen LogP contribution < -0.4 is 16.9 Å². The number of oxime groups is 1. The molecule has 3 aliphatic rings. The van der Waals surface area contributed by atoms with Crippen LogP contribution in [0.1, 0.15) is 38.3 Å². The number of thioether (sulfide) groups is 1. The number of H-pyrrole nitrogens is 1. The van der Waals surface area contributed by atoms with Crippen LogP contribution in [0.2, 0.25) is 0 Å². The summed E-state index contributed by atoms with van der Waals surface area (Å²) in [6.07, 6.45) is -1.75. The number of amides is 1. The van der Waals surface area contributed by atoms with E-state index in [2.05, 4.69) is 15.2 Å². The van der Waals surface area contributed by atoms with Crippen LogP contribution in [0.15, 0.2) is 43.5 Å². The Balaban J connectivity index is 1.23. The van der Waals surface area contributed by atoms with Gasteiger partial charge in [0.05, 0.1) is 54.7 Å². The van der Waals surface area contributed by atoms with Gasteiger partial charge in [0.2, 0.25) is 12.0 Å². The third-order valence-corrected chi connectivity index (χ3v) is 12.2. The molecule has 2 fully saturated rings. The van der Waals surface area contributed by atoms with E-state index >= 15 is 0 Å². The summed E-state index contributed by atoms with van der Waals surface area (Å²) in [4.78, 5) is 99.0. The van der Waals surface area contributed by atoms with Gasteiger partial charge in [-0.05, 0) is 19.1 Å². The number of hydrogen-bond donors (Lipinski definition) is 7. The molecule has 2 aromatic heterocycles. The highest BCUT2D eigenvalue weighted by Gasteiger charge is 2.56. The number of aromatic hydroxyl groups is 2. The second-order valence-corrected chi connectivity index (χ2v) is 15.8. The number of aliphatic carboxylic acids is 3. The second-order valence-electron chi connectivity index (χ2n) is 13.5. The summed E-state index contributed by atoms with van der Waals surface area (Å²) in [5, 5.41) is 54.8. The zero-order valence-corrected chi connectivity index (χ0v) is 30.7. The average Bonchev–Trinajstić information content (AvgIpc) is 3.78. The molecule has 55 heavy (non-hydrogen) atoms. The summed E-state index contributed by atoms with van der Waals surface area (Å²) in [6.45, 7) is 3.63. The van der Waals surface area contributed by atoms with Crippen molar-refractivity contribution in [3.05, 3.63) is 55.2 Å². The Bertz CT molecular complexity index is 2290. The summed E-state index contributed by atoms with van der Waals surface area (Å²) in [7, 11) is 0. The molecule has 0 unspecified atom stereocenters. The van der Waals surface area contributed by atoms with Crippen molar-refractivity contribution in [2.45, 2.75) is 55.9 Å². The number of benzene rings is 1. The number of nitrogens with one attached hydrogen (secondary N) is 1. The lowest BCUT2D eigenvalue weighted by molar-refractivity contribution is -0.913. The van der Waals surface area contributed by atoms with Crippen molar-refractivity contribution >= 4 is 74.3 Å². The fraction of sp³-hybridized carbons (Fsp3) is 0.424. The Kier molecular flexibility index (Phi) is 10.8. The molecule has 0 radical (unpaired) electrons. The number of hydrogen-bond acceptors (Lipinski definition) is 15. The maximum Gasteiger partial charge on any atom is 0.352 e. The summed E-state index contributed by atoms with van der Waals surface area (Å²) in [5.41, 5.74) is 4.19. The van der Waals surface area contributed by atoms with Gasteiger partial charge >= 0.3 is 17.9 Å². The van der Waals surface area contributed by atoms with Crippen LogP contribution in [0.5, 0.6) is 11.5 Å². The number of nitrogens with two attached hydrogens (primary N) is 1. The first-order valence-electron chi connectivity index (χ1n) is 16.9. The standard InChI is InChI=1S/C33H35N7O13S2/c1-14-18(12-40(5-2-3-6-40)7-4-38-28(47)16-9-21(42)20(41)8-15(16)27(46)36-38)26(32(51)52)39-29(48)17(30(39)55-14)10-22(43)25(19-13-54-33(34)35-19)37-53-23(31(49)50)11-24(44)45/h8-9,13-14,17,23,30H,2-7,10-12H2,1H3,(H7-,34,35,36,37,41,42,43,44,45,46,47,49,50,51,52)/p+1/t14-,17+,23-,30+/m0/s1. The Morgan fingerprint density at radius 2 is 1.76 bits per heavy atom. The minimum Gasteiger partial charge on any atom is -0.504 e. The fourth-order valence-corrected chi connectivity index (χ4v) is 9.23. The Hall–Kier alpha value is -5.74. The number of anilines is 1. The van der Waals surface area contributed by atoms with Gasteiger partial charge < -0.3 is 40.6 Å². The quantitative estimate of drug-likeness (QED) is 0.0358. The molecule has 4 atom stereocenters. The normalized spacial score (nSPS) is 21.3. The molecule has 1 aromatic carbocycles. The molecule has 5 heterocycles. The van der Waals surface area contributed by atoms with E-state index in [9.17, 15) is 54.0 Å². The number of nitrogen functional groups attached to an aromatic ring is 1. The zero-order valence-electron chi connectivity index (χ0n) is 29.0. The molecule has 6 rings (SSSR count). The molecule has 8 N–H and O–H groups in total. The number of aromatic nitrogens is 3. The average molecular weight is 803 g/mol. The number of ketones is 1. The number of fused-ring (bicyclic) bond motifs is 2. The molecule has 0 saturated carbocycles. The van der Waals surface area contributed by atoms with E-state index in [1.54, 1.807) is 6.92 Å². The van der Waals surface area contributed by atoms with Gasteiger partial charge in [-0.1, -0.05) is 5.16 Å². The van der Waals surface area contributed by atoms with Crippen molar-refractivity contribution in [2.75, 3.05) is 31.9 Å². The van der Waals surface area contributed by atoms with Crippen molar-refractivity contribution in [3.8, 4) is 11.5 Å². The number of carbonyl (C=O) groups excluding carboxylic acids is 2. The number of quaternary nitrogens is 1. The summed E-state index contributed by atoms with van der Waals surface area (Å²) in [6, 6.07) is 2.04. The minimum atomic E-state index is -1.93. The van der Waals surface area contributed by atoms with Crippen LogP contribution in [-0.4, -0.2) is 128 Å². The first-order valence-corrected chi connectivity index (χ1v) is 18.7. The van der Waals surface area contributed by atoms with E-state index < -0.39 is 93.4 Å². The number of carboxylic acid groups (broad SMARTS) is 3. The number of rotatable bonds is 15. The van der Waals surface area contributed by atoms with Crippen LogP contribution in [0, 0.1) is 5.92 Å². The number of carbonyl (C=O) groups is 5. The van der Waals surface area contributed by atoms with Crippen molar-refractivity contribution < 1.29 is 58.8 Å². The molecule has 0 aliphatic carbocycles. The molecule has 20 nitrogen and oxygen atoms in total. The van der Waals surface area contributed by atoms with E-state index in [0.717, 1.165) is 45.9 Å². The Labute approximate surface area is 317 Å². The lowest BCUT2D eigenvalue weighted by Crippen LogP contribution is -2.63. The van der Waals surface area contributed by atoms with Gasteiger partial charge in [0.1, 0.15) is 17.9 Å². The zero-order chi connectivity index (χ0) is 39.9. The maximum absolute atomic E-state index is 13.7. The van der Waals surface area contributed by atoms with E-state index in [-0.39, 0.29) is 40.4 Å². The van der Waals surface area contributed by atoms with Gasteiger partial charge in [0.15, 0.2) is 28.1 Å². The number of likely N-dealkylation sites (tertiary alicyclic amines) is 1. The SMILES string of the molecule is C[C@@H]1S[C@@H]2[C@H](CC(=O)/C(=N\O[C@@H](CC(=O)O)C(=O)O)c3csc(N)n3)C(=O)N2C(C(=O)O)=C1C[N+]1(CCn2[nH]c(=O)c3cc(O)c(O)cc3c2=O)CCCC1. The van der Waals surface area contributed by atoms with E-state index in [1.165, 1.54) is 17.1 Å². The number of aromatic amines is 1. The number of β-lactam (4-membered cyclic amide) rings is 1. The molecule has 1 amide bonds. The van der Waals surface area contributed by atoms with Crippen LogP contribution in [0.4, 0.5) is 5.13 Å². The Morgan fingerprint density at radius 1 is 1.09 bits per heavy atom. The van der Waals surface area contributed by atoms with Crippen molar-refractivity contribution in [2.24, 2.45) is 11.1 Å². The largest absolute Gasteiger partial charge is 0.504 e.